The third kappa shape index (κ3) is 7.64. The van der Waals surface area contributed by atoms with E-state index >= 15 is 0 Å². The minimum atomic E-state index is 0.394. The van der Waals surface area contributed by atoms with Crippen LogP contribution < -0.4 is 0 Å². The highest BCUT2D eigenvalue weighted by Gasteiger charge is 2.20. The van der Waals surface area contributed by atoms with Gasteiger partial charge in [0.2, 0.25) is 0 Å². The molecule has 0 aromatic carbocycles. The second-order valence-electron chi connectivity index (χ2n) is 5.76. The molecule has 0 heterocycles. The van der Waals surface area contributed by atoms with Gasteiger partial charge in [0.15, 0.2) is 0 Å². The second kappa shape index (κ2) is 7.96. The Morgan fingerprint density at radius 1 is 1.00 bits per heavy atom. The fourth-order valence-corrected chi connectivity index (χ4v) is 2.05. The molecule has 0 aromatic rings. The number of rotatable bonds is 8. The van der Waals surface area contributed by atoms with Crippen LogP contribution >= 0.6 is 0 Å². The Bertz CT molecular complexity index is 150. The maximum Gasteiger partial charge on any atom is -0.0187 e. The molecule has 0 saturated heterocycles. The normalized spacial score (nSPS) is 13.9. The van der Waals surface area contributed by atoms with Crippen LogP contribution in [0.15, 0.2) is 12.7 Å². The number of unbranched alkanes of at least 4 members (excludes halogenated alkanes) is 5. The van der Waals surface area contributed by atoms with Crippen molar-refractivity contribution in [2.75, 3.05) is 0 Å². The summed E-state index contributed by atoms with van der Waals surface area (Å²) >= 11 is 0. The lowest BCUT2D eigenvalue weighted by molar-refractivity contribution is 0.271. The van der Waals surface area contributed by atoms with Crippen LogP contribution in [0.25, 0.3) is 0 Å². The van der Waals surface area contributed by atoms with Crippen LogP contribution in [0, 0.1) is 11.3 Å². The molecule has 1 atom stereocenters. The summed E-state index contributed by atoms with van der Waals surface area (Å²) in [6.45, 7) is 13.2. The molecule has 0 rings (SSSR count). The Morgan fingerprint density at radius 3 is 2.00 bits per heavy atom. The summed E-state index contributed by atoms with van der Waals surface area (Å²) < 4.78 is 0. The van der Waals surface area contributed by atoms with E-state index in [4.69, 9.17) is 0 Å². The SMILES string of the molecule is C=CC(CCCCCCCC)C(C)(C)C. The van der Waals surface area contributed by atoms with Gasteiger partial charge >= 0.3 is 0 Å². The first-order chi connectivity index (χ1) is 7.02. The molecule has 0 aromatic heterocycles. The van der Waals surface area contributed by atoms with Gasteiger partial charge in [-0.1, -0.05) is 72.3 Å². The minimum absolute atomic E-state index is 0.394. The lowest BCUT2D eigenvalue weighted by atomic mass is 9.78. The summed E-state index contributed by atoms with van der Waals surface area (Å²) in [5.41, 5.74) is 0.394. The third-order valence-electron chi connectivity index (χ3n) is 3.27. The number of hydrogen-bond donors (Lipinski definition) is 0. The molecular weight excluding hydrogens is 180 g/mol. The highest BCUT2D eigenvalue weighted by Crippen LogP contribution is 2.31. The van der Waals surface area contributed by atoms with Crippen molar-refractivity contribution in [1.29, 1.82) is 0 Å². The predicted octanol–water partition coefficient (Wildman–Crippen LogP) is 5.59. The van der Waals surface area contributed by atoms with Gasteiger partial charge in [-0.2, -0.15) is 0 Å². The van der Waals surface area contributed by atoms with Crippen molar-refractivity contribution in [2.24, 2.45) is 11.3 Å². The lowest BCUT2D eigenvalue weighted by Gasteiger charge is -2.27. The first-order valence-corrected chi connectivity index (χ1v) is 6.65. The van der Waals surface area contributed by atoms with Crippen LogP contribution in [0.3, 0.4) is 0 Å². The quantitative estimate of drug-likeness (QED) is 0.362. The highest BCUT2D eigenvalue weighted by molar-refractivity contribution is 4.87. The zero-order valence-corrected chi connectivity index (χ0v) is 11.3. The van der Waals surface area contributed by atoms with E-state index in [-0.39, 0.29) is 0 Å². The van der Waals surface area contributed by atoms with Crippen molar-refractivity contribution in [3.8, 4) is 0 Å². The Hall–Kier alpha value is -0.260. The number of allylic oxidation sites excluding steroid dienone is 1. The fourth-order valence-electron chi connectivity index (χ4n) is 2.05. The molecule has 1 unspecified atom stereocenters. The largest absolute Gasteiger partial charge is 0.103 e. The maximum absolute atomic E-state index is 3.96. The van der Waals surface area contributed by atoms with Crippen molar-refractivity contribution < 1.29 is 0 Å². The molecule has 0 saturated carbocycles. The molecule has 90 valence electrons. The zero-order valence-electron chi connectivity index (χ0n) is 11.3. The van der Waals surface area contributed by atoms with E-state index in [0.717, 1.165) is 0 Å². The van der Waals surface area contributed by atoms with Crippen molar-refractivity contribution in [3.05, 3.63) is 12.7 Å². The maximum atomic E-state index is 3.96. The molecule has 0 nitrogen and oxygen atoms in total. The highest BCUT2D eigenvalue weighted by atomic mass is 14.3. The molecule has 0 amide bonds. The summed E-state index contributed by atoms with van der Waals surface area (Å²) in [5, 5.41) is 0. The standard InChI is InChI=1S/C15H30/c1-6-8-9-10-11-12-13-14(7-2)15(3,4)5/h7,14H,2,6,8-13H2,1,3-5H3. The van der Waals surface area contributed by atoms with E-state index in [9.17, 15) is 0 Å². The Labute approximate surface area is 97.2 Å². The second-order valence-corrected chi connectivity index (χ2v) is 5.76. The number of hydrogen-bond acceptors (Lipinski definition) is 0. The lowest BCUT2D eigenvalue weighted by Crippen LogP contribution is -2.17. The topological polar surface area (TPSA) is 0 Å². The van der Waals surface area contributed by atoms with E-state index in [2.05, 4.69) is 40.3 Å². The van der Waals surface area contributed by atoms with Crippen LogP contribution in [0.2, 0.25) is 0 Å². The molecule has 0 aliphatic rings. The summed E-state index contributed by atoms with van der Waals surface area (Å²) in [6.07, 6.45) is 11.8. The Morgan fingerprint density at radius 2 is 1.53 bits per heavy atom. The van der Waals surface area contributed by atoms with Crippen molar-refractivity contribution in [2.45, 2.75) is 72.6 Å². The van der Waals surface area contributed by atoms with E-state index < -0.39 is 0 Å². The van der Waals surface area contributed by atoms with Crippen LogP contribution in [0.4, 0.5) is 0 Å². The van der Waals surface area contributed by atoms with Gasteiger partial charge in [0.25, 0.3) is 0 Å². The smallest absolute Gasteiger partial charge is 0.0187 e. The molecule has 0 radical (unpaired) electrons. The Kier molecular flexibility index (Phi) is 7.82. The van der Waals surface area contributed by atoms with Crippen molar-refractivity contribution in [3.63, 3.8) is 0 Å². The molecule has 0 spiro atoms. The monoisotopic (exact) mass is 210 g/mol. The van der Waals surface area contributed by atoms with E-state index in [0.29, 0.717) is 11.3 Å². The average Bonchev–Trinajstić information content (AvgIpc) is 2.15. The van der Waals surface area contributed by atoms with Gasteiger partial charge in [-0.05, 0) is 17.8 Å². The molecule has 0 bridgehead atoms. The minimum Gasteiger partial charge on any atom is -0.103 e. The molecule has 0 N–H and O–H groups in total. The van der Waals surface area contributed by atoms with Gasteiger partial charge in [0, 0.05) is 0 Å². The van der Waals surface area contributed by atoms with Crippen LogP contribution in [0.1, 0.15) is 72.6 Å². The molecule has 0 heteroatoms. The molecule has 0 fully saturated rings. The van der Waals surface area contributed by atoms with Gasteiger partial charge in [0.05, 0.1) is 0 Å². The van der Waals surface area contributed by atoms with Gasteiger partial charge in [-0.25, -0.2) is 0 Å². The summed E-state index contributed by atoms with van der Waals surface area (Å²) in [6, 6.07) is 0. The first kappa shape index (κ1) is 14.7. The van der Waals surface area contributed by atoms with Gasteiger partial charge in [-0.15, -0.1) is 6.58 Å². The predicted molar refractivity (Wildman–Crippen MR) is 71.1 cm³/mol. The Balaban J connectivity index is 3.52. The molecule has 15 heavy (non-hydrogen) atoms. The van der Waals surface area contributed by atoms with Crippen LogP contribution in [0.5, 0.6) is 0 Å². The summed E-state index contributed by atoms with van der Waals surface area (Å²) in [5.74, 6) is 0.684. The first-order valence-electron chi connectivity index (χ1n) is 6.65. The molecule has 0 aliphatic carbocycles. The van der Waals surface area contributed by atoms with Gasteiger partial charge in [-0.3, -0.25) is 0 Å². The van der Waals surface area contributed by atoms with E-state index in [1.54, 1.807) is 0 Å². The van der Waals surface area contributed by atoms with Crippen molar-refractivity contribution in [1.82, 2.24) is 0 Å². The van der Waals surface area contributed by atoms with E-state index in [1.165, 1.54) is 44.9 Å². The van der Waals surface area contributed by atoms with E-state index in [1.807, 2.05) is 0 Å². The summed E-state index contributed by atoms with van der Waals surface area (Å²) in [7, 11) is 0. The van der Waals surface area contributed by atoms with Gasteiger partial charge < -0.3 is 0 Å². The third-order valence-corrected chi connectivity index (χ3v) is 3.27. The van der Waals surface area contributed by atoms with Crippen LogP contribution in [-0.2, 0) is 0 Å². The van der Waals surface area contributed by atoms with Gasteiger partial charge in [0.1, 0.15) is 0 Å². The van der Waals surface area contributed by atoms with Crippen LogP contribution in [-0.4, -0.2) is 0 Å². The fraction of sp³-hybridized carbons (Fsp3) is 0.867. The molecule has 0 aliphatic heterocycles. The summed E-state index contributed by atoms with van der Waals surface area (Å²) in [4.78, 5) is 0. The zero-order chi connectivity index (χ0) is 11.7. The average molecular weight is 210 g/mol. The van der Waals surface area contributed by atoms with Crippen molar-refractivity contribution >= 4 is 0 Å². The molecular formula is C15H30.